The molecule has 0 bridgehead atoms. The topological polar surface area (TPSA) is 32.3 Å². The predicted molar refractivity (Wildman–Crippen MR) is 91.3 cm³/mol. The normalized spacial score (nSPS) is 24.5. The quantitative estimate of drug-likeness (QED) is 0.883. The summed E-state index contributed by atoms with van der Waals surface area (Å²) >= 11 is 6.02. The number of aliphatic hydroxyl groups excluding tert-OH is 1. The molecule has 0 radical (unpaired) electrons. The first-order chi connectivity index (χ1) is 10.7. The lowest BCUT2D eigenvalue weighted by molar-refractivity contribution is 0.178. The third-order valence-corrected chi connectivity index (χ3v) is 5.10. The van der Waals surface area contributed by atoms with Crippen molar-refractivity contribution in [2.45, 2.75) is 18.8 Å². The molecule has 0 spiro atoms. The number of nitrogens with one attached hydrogen (secondary N) is 1. The van der Waals surface area contributed by atoms with Gasteiger partial charge in [-0.1, -0.05) is 54.1 Å². The van der Waals surface area contributed by atoms with E-state index >= 15 is 0 Å². The van der Waals surface area contributed by atoms with Gasteiger partial charge in [-0.15, -0.1) is 0 Å². The average molecular weight is 316 g/mol. The summed E-state index contributed by atoms with van der Waals surface area (Å²) in [6.07, 6.45) is 1.79. The predicted octanol–water partition coefficient (Wildman–Crippen LogP) is 3.64. The molecule has 2 aromatic rings. The van der Waals surface area contributed by atoms with Gasteiger partial charge in [0.15, 0.2) is 0 Å². The summed E-state index contributed by atoms with van der Waals surface area (Å²) in [6, 6.07) is 18.7. The zero-order valence-corrected chi connectivity index (χ0v) is 13.4. The van der Waals surface area contributed by atoms with Crippen molar-refractivity contribution in [3.05, 3.63) is 70.7 Å². The Kier molecular flexibility index (Phi) is 4.82. The van der Waals surface area contributed by atoms with Crippen molar-refractivity contribution in [3.63, 3.8) is 0 Å². The number of hydrogen-bond donors (Lipinski definition) is 2. The maximum absolute atomic E-state index is 9.63. The lowest BCUT2D eigenvalue weighted by Gasteiger charge is -2.35. The fourth-order valence-corrected chi connectivity index (χ4v) is 3.86. The molecule has 1 aliphatic heterocycles. The Labute approximate surface area is 137 Å². The van der Waals surface area contributed by atoms with Gasteiger partial charge in [0.2, 0.25) is 0 Å². The Morgan fingerprint density at radius 1 is 1.09 bits per heavy atom. The highest BCUT2D eigenvalue weighted by atomic mass is 35.5. The number of aliphatic hydroxyl groups is 1. The Hall–Kier alpha value is -1.35. The summed E-state index contributed by atoms with van der Waals surface area (Å²) in [5.41, 5.74) is 2.70. The molecule has 2 aromatic carbocycles. The van der Waals surface area contributed by atoms with Crippen molar-refractivity contribution in [1.82, 2.24) is 5.32 Å². The van der Waals surface area contributed by atoms with E-state index in [9.17, 15) is 5.11 Å². The molecule has 0 amide bonds. The lowest BCUT2D eigenvalue weighted by atomic mass is 9.69. The summed E-state index contributed by atoms with van der Waals surface area (Å²) in [4.78, 5) is 0. The Bertz CT molecular complexity index is 599. The second-order valence-electron chi connectivity index (χ2n) is 6.23. The largest absolute Gasteiger partial charge is 0.396 e. The van der Waals surface area contributed by atoms with Crippen LogP contribution in [-0.2, 0) is 6.42 Å². The highest BCUT2D eigenvalue weighted by Crippen LogP contribution is 2.44. The first-order valence-corrected chi connectivity index (χ1v) is 8.22. The molecule has 3 heteroatoms. The summed E-state index contributed by atoms with van der Waals surface area (Å²) in [6.45, 7) is 2.11. The highest BCUT2D eigenvalue weighted by molar-refractivity contribution is 6.30. The van der Waals surface area contributed by atoms with Crippen LogP contribution in [-0.4, -0.2) is 24.8 Å². The van der Waals surface area contributed by atoms with Gasteiger partial charge in [0.1, 0.15) is 0 Å². The summed E-state index contributed by atoms with van der Waals surface area (Å²) < 4.78 is 0. The highest BCUT2D eigenvalue weighted by Gasteiger charge is 2.43. The molecule has 2 nitrogen and oxygen atoms in total. The van der Waals surface area contributed by atoms with Crippen LogP contribution in [0.2, 0.25) is 5.02 Å². The molecule has 0 aliphatic carbocycles. The van der Waals surface area contributed by atoms with Crippen LogP contribution < -0.4 is 5.32 Å². The van der Waals surface area contributed by atoms with Gasteiger partial charge in [0.25, 0.3) is 0 Å². The molecule has 1 fully saturated rings. The van der Waals surface area contributed by atoms with Crippen LogP contribution in [0, 0.1) is 5.41 Å². The van der Waals surface area contributed by atoms with E-state index in [1.165, 1.54) is 11.1 Å². The minimum Gasteiger partial charge on any atom is -0.396 e. The van der Waals surface area contributed by atoms with Crippen LogP contribution >= 0.6 is 11.6 Å². The number of halogens is 1. The Morgan fingerprint density at radius 2 is 1.82 bits per heavy atom. The van der Waals surface area contributed by atoms with E-state index in [0.29, 0.717) is 5.92 Å². The van der Waals surface area contributed by atoms with E-state index in [1.807, 2.05) is 18.2 Å². The maximum Gasteiger partial charge on any atom is 0.0437 e. The van der Waals surface area contributed by atoms with Gasteiger partial charge in [0, 0.05) is 30.6 Å². The van der Waals surface area contributed by atoms with E-state index in [4.69, 9.17) is 11.6 Å². The molecule has 0 saturated carbocycles. The zero-order valence-electron chi connectivity index (χ0n) is 12.6. The van der Waals surface area contributed by atoms with Crippen molar-refractivity contribution < 1.29 is 5.11 Å². The second-order valence-corrected chi connectivity index (χ2v) is 6.67. The summed E-state index contributed by atoms with van der Waals surface area (Å²) in [5.74, 6) is 0.400. The van der Waals surface area contributed by atoms with Crippen LogP contribution in [0.25, 0.3) is 0 Å². The van der Waals surface area contributed by atoms with E-state index in [0.717, 1.165) is 31.0 Å². The van der Waals surface area contributed by atoms with Crippen LogP contribution in [0.5, 0.6) is 0 Å². The third-order valence-electron chi connectivity index (χ3n) is 4.85. The van der Waals surface area contributed by atoms with Crippen molar-refractivity contribution in [3.8, 4) is 0 Å². The van der Waals surface area contributed by atoms with Gasteiger partial charge in [-0.05, 0) is 41.5 Å². The van der Waals surface area contributed by atoms with Crippen LogP contribution in [0.3, 0.4) is 0 Å². The van der Waals surface area contributed by atoms with Gasteiger partial charge < -0.3 is 10.4 Å². The van der Waals surface area contributed by atoms with Crippen LogP contribution in [0.15, 0.2) is 54.6 Å². The Morgan fingerprint density at radius 3 is 2.50 bits per heavy atom. The van der Waals surface area contributed by atoms with Crippen LogP contribution in [0.4, 0.5) is 0 Å². The molecule has 2 N–H and O–H groups in total. The molecule has 3 rings (SSSR count). The monoisotopic (exact) mass is 315 g/mol. The van der Waals surface area contributed by atoms with E-state index < -0.39 is 0 Å². The molecular formula is C19H22ClNO. The minimum atomic E-state index is 0.0595. The van der Waals surface area contributed by atoms with Crippen molar-refractivity contribution in [2.24, 2.45) is 5.41 Å². The van der Waals surface area contributed by atoms with Crippen molar-refractivity contribution >= 4 is 11.6 Å². The second kappa shape index (κ2) is 6.82. The van der Waals surface area contributed by atoms with Gasteiger partial charge in [0.05, 0.1) is 0 Å². The van der Waals surface area contributed by atoms with E-state index in [-0.39, 0.29) is 12.0 Å². The maximum atomic E-state index is 9.63. The Balaban J connectivity index is 1.92. The summed E-state index contributed by atoms with van der Waals surface area (Å²) in [5, 5.41) is 13.9. The van der Waals surface area contributed by atoms with Crippen molar-refractivity contribution in [1.29, 1.82) is 0 Å². The van der Waals surface area contributed by atoms with Gasteiger partial charge in [-0.25, -0.2) is 0 Å². The third kappa shape index (κ3) is 3.19. The number of hydrogen-bond acceptors (Lipinski definition) is 2. The molecule has 1 saturated heterocycles. The van der Waals surface area contributed by atoms with Gasteiger partial charge >= 0.3 is 0 Å². The first kappa shape index (κ1) is 15.5. The molecule has 1 aliphatic rings. The molecular weight excluding hydrogens is 294 g/mol. The summed E-state index contributed by atoms with van der Waals surface area (Å²) in [7, 11) is 0. The van der Waals surface area contributed by atoms with Crippen LogP contribution in [0.1, 0.15) is 23.5 Å². The van der Waals surface area contributed by atoms with Crippen molar-refractivity contribution in [2.75, 3.05) is 19.7 Å². The molecule has 2 atom stereocenters. The molecule has 116 valence electrons. The lowest BCUT2D eigenvalue weighted by Crippen LogP contribution is -2.32. The molecule has 0 aromatic heterocycles. The number of rotatable bonds is 5. The van der Waals surface area contributed by atoms with E-state index in [2.05, 4.69) is 41.7 Å². The minimum absolute atomic E-state index is 0.0595. The molecule has 0 unspecified atom stereocenters. The fraction of sp³-hybridized carbons (Fsp3) is 0.368. The smallest absolute Gasteiger partial charge is 0.0437 e. The molecule has 22 heavy (non-hydrogen) atoms. The fourth-order valence-electron chi connectivity index (χ4n) is 3.73. The number of benzene rings is 2. The zero-order chi connectivity index (χ0) is 15.4. The molecule has 1 heterocycles. The SMILES string of the molecule is OCC[C@@]1(Cc2ccccc2)CNC[C@H]1c1ccc(Cl)cc1. The van der Waals surface area contributed by atoms with Gasteiger partial charge in [-0.3, -0.25) is 0 Å². The van der Waals surface area contributed by atoms with Gasteiger partial charge in [-0.2, -0.15) is 0 Å². The van der Waals surface area contributed by atoms with E-state index in [1.54, 1.807) is 0 Å². The standard InChI is InChI=1S/C19H22ClNO/c20-17-8-6-16(7-9-17)18-13-21-14-19(18,10-11-22)12-15-4-2-1-3-5-15/h1-9,18,21-22H,10-14H2/t18-,19+/m0/s1. The average Bonchev–Trinajstić information content (AvgIpc) is 2.93. The first-order valence-electron chi connectivity index (χ1n) is 7.84.